The highest BCUT2D eigenvalue weighted by molar-refractivity contribution is 7.18. The zero-order valence-corrected chi connectivity index (χ0v) is 25.0. The number of hydrogen-bond donors (Lipinski definition) is 1. The van der Waals surface area contributed by atoms with Gasteiger partial charge in [-0.25, -0.2) is 14.5 Å². The topological polar surface area (TPSA) is 116 Å². The van der Waals surface area contributed by atoms with E-state index in [-0.39, 0.29) is 12.5 Å². The number of imidazole rings is 1. The predicted octanol–water partition coefficient (Wildman–Crippen LogP) is 5.22. The Hall–Kier alpha value is -4.46. The fraction of sp³-hybridized carbons (Fsp3) is 0.241. The van der Waals surface area contributed by atoms with Gasteiger partial charge in [-0.2, -0.15) is 0 Å². The maximum absolute atomic E-state index is 12.4. The molecular formula is C29H28N6O5S2. The Bertz CT molecular complexity index is 1820. The van der Waals surface area contributed by atoms with Crippen molar-refractivity contribution < 1.29 is 23.4 Å². The van der Waals surface area contributed by atoms with Crippen LogP contribution in [0.5, 0.6) is 16.7 Å². The number of nitrogens with one attached hydrogen (secondary N) is 1. The van der Waals surface area contributed by atoms with Crippen molar-refractivity contribution in [2.45, 2.75) is 6.61 Å². The number of thiazole rings is 1. The average Bonchev–Trinajstić information content (AvgIpc) is 3.78. The SMILES string of the molecule is COc1cc(OCc2csc(-c3ccc(C(=O)NCCN(C)C)cc3)n2)c2cc(-c3cn4nc(OC)sc4n3)oc2c1. The molecule has 0 bridgehead atoms. The Morgan fingerprint density at radius 2 is 1.93 bits per heavy atom. The fourth-order valence-electron chi connectivity index (χ4n) is 4.25. The number of ether oxygens (including phenoxy) is 3. The molecule has 0 aliphatic heterocycles. The van der Waals surface area contributed by atoms with Crippen molar-refractivity contribution in [2.75, 3.05) is 41.4 Å². The van der Waals surface area contributed by atoms with Crippen LogP contribution in [-0.2, 0) is 6.61 Å². The summed E-state index contributed by atoms with van der Waals surface area (Å²) in [5, 5.41) is 11.4. The summed E-state index contributed by atoms with van der Waals surface area (Å²) < 4.78 is 24.7. The number of fused-ring (bicyclic) bond motifs is 2. The highest BCUT2D eigenvalue weighted by Crippen LogP contribution is 2.38. The molecule has 0 atom stereocenters. The summed E-state index contributed by atoms with van der Waals surface area (Å²) >= 11 is 2.87. The van der Waals surface area contributed by atoms with E-state index in [0.717, 1.165) is 28.2 Å². The molecule has 0 spiro atoms. The van der Waals surface area contributed by atoms with Gasteiger partial charge in [-0.05, 0) is 43.6 Å². The number of furan rings is 1. The molecule has 42 heavy (non-hydrogen) atoms. The molecule has 0 aliphatic rings. The van der Waals surface area contributed by atoms with Crippen LogP contribution in [0, 0.1) is 0 Å². The summed E-state index contributed by atoms with van der Waals surface area (Å²) in [5.41, 5.74) is 3.61. The molecule has 13 heteroatoms. The van der Waals surface area contributed by atoms with E-state index < -0.39 is 0 Å². The monoisotopic (exact) mass is 604 g/mol. The van der Waals surface area contributed by atoms with Crippen LogP contribution < -0.4 is 19.5 Å². The minimum Gasteiger partial charge on any atom is -0.496 e. The summed E-state index contributed by atoms with van der Waals surface area (Å²) in [6.45, 7) is 1.64. The van der Waals surface area contributed by atoms with E-state index >= 15 is 0 Å². The van der Waals surface area contributed by atoms with E-state index in [1.54, 1.807) is 24.9 Å². The molecule has 6 rings (SSSR count). The molecule has 6 aromatic rings. The zero-order chi connectivity index (χ0) is 29.2. The lowest BCUT2D eigenvalue weighted by molar-refractivity contribution is 0.0951. The smallest absolute Gasteiger partial charge is 0.294 e. The van der Waals surface area contributed by atoms with Crippen LogP contribution in [-0.4, -0.2) is 71.8 Å². The molecule has 0 fully saturated rings. The Kier molecular flexibility index (Phi) is 7.78. The fourth-order valence-corrected chi connectivity index (χ4v) is 5.76. The van der Waals surface area contributed by atoms with Crippen LogP contribution in [0.2, 0.25) is 0 Å². The summed E-state index contributed by atoms with van der Waals surface area (Å²) in [6.07, 6.45) is 1.80. The van der Waals surface area contributed by atoms with Crippen molar-refractivity contribution in [1.82, 2.24) is 29.8 Å². The first-order chi connectivity index (χ1) is 20.4. The first kappa shape index (κ1) is 27.7. The zero-order valence-electron chi connectivity index (χ0n) is 23.4. The standard InChI is InChI=1S/C29H28N6O5S2/c1-34(2)10-9-30-26(36)17-5-7-18(8-6-17)27-31-19(16-41-27)15-39-23-11-20(37-3)12-24-21(23)13-25(40-24)22-14-35-28(32-22)42-29(33-35)38-4/h5-8,11-14,16H,9-10,15H2,1-4H3,(H,30,36). The normalized spacial score (nSPS) is 11.5. The predicted molar refractivity (Wildman–Crippen MR) is 162 cm³/mol. The first-order valence-electron chi connectivity index (χ1n) is 13.0. The maximum atomic E-state index is 12.4. The number of aromatic nitrogens is 4. The summed E-state index contributed by atoms with van der Waals surface area (Å²) in [5.74, 6) is 1.72. The van der Waals surface area contributed by atoms with Gasteiger partial charge in [0.25, 0.3) is 11.1 Å². The number of hydrogen-bond acceptors (Lipinski definition) is 11. The lowest BCUT2D eigenvalue weighted by Crippen LogP contribution is -2.31. The van der Waals surface area contributed by atoms with Crippen molar-refractivity contribution in [2.24, 2.45) is 0 Å². The Balaban J connectivity index is 1.16. The molecule has 0 unspecified atom stereocenters. The second-order valence-electron chi connectivity index (χ2n) is 9.64. The molecule has 1 N–H and O–H groups in total. The lowest BCUT2D eigenvalue weighted by Gasteiger charge is -2.10. The van der Waals surface area contributed by atoms with Gasteiger partial charge < -0.3 is 28.8 Å². The van der Waals surface area contributed by atoms with Crippen molar-refractivity contribution in [3.63, 3.8) is 0 Å². The summed E-state index contributed by atoms with van der Waals surface area (Å²) in [4.78, 5) is 24.5. The number of rotatable bonds is 11. The second-order valence-corrected chi connectivity index (χ2v) is 11.4. The van der Waals surface area contributed by atoms with Crippen molar-refractivity contribution in [3.8, 4) is 38.7 Å². The number of amides is 1. The molecule has 4 aromatic heterocycles. The van der Waals surface area contributed by atoms with Crippen molar-refractivity contribution in [1.29, 1.82) is 0 Å². The molecular weight excluding hydrogens is 576 g/mol. The molecule has 0 radical (unpaired) electrons. The number of nitrogens with zero attached hydrogens (tertiary/aromatic N) is 5. The van der Waals surface area contributed by atoms with E-state index in [4.69, 9.17) is 23.6 Å². The molecule has 4 heterocycles. The quantitative estimate of drug-likeness (QED) is 0.213. The molecule has 0 saturated carbocycles. The summed E-state index contributed by atoms with van der Waals surface area (Å²) in [7, 11) is 7.12. The largest absolute Gasteiger partial charge is 0.496 e. The molecule has 0 saturated heterocycles. The average molecular weight is 605 g/mol. The van der Waals surface area contributed by atoms with E-state index in [1.165, 1.54) is 22.7 Å². The summed E-state index contributed by atoms with van der Waals surface area (Å²) in [6, 6.07) is 13.0. The van der Waals surface area contributed by atoms with Crippen LogP contribution in [0.15, 0.2) is 58.5 Å². The van der Waals surface area contributed by atoms with Gasteiger partial charge in [0, 0.05) is 41.7 Å². The van der Waals surface area contributed by atoms with Gasteiger partial charge in [-0.15, -0.1) is 16.4 Å². The number of likely N-dealkylation sites (N-methyl/N-ethyl adjacent to an activating group) is 1. The van der Waals surface area contributed by atoms with E-state index in [0.29, 0.717) is 50.8 Å². The van der Waals surface area contributed by atoms with E-state index in [9.17, 15) is 4.79 Å². The number of carbonyl (C=O) groups is 1. The van der Waals surface area contributed by atoms with Gasteiger partial charge in [0.2, 0.25) is 4.96 Å². The lowest BCUT2D eigenvalue weighted by atomic mass is 10.1. The Morgan fingerprint density at radius 1 is 1.10 bits per heavy atom. The molecule has 216 valence electrons. The Labute approximate surface area is 249 Å². The van der Waals surface area contributed by atoms with Crippen LogP contribution in [0.1, 0.15) is 16.1 Å². The molecule has 11 nitrogen and oxygen atoms in total. The number of methoxy groups -OCH3 is 2. The van der Waals surface area contributed by atoms with Gasteiger partial charge in [0.15, 0.2) is 5.76 Å². The Morgan fingerprint density at radius 3 is 2.67 bits per heavy atom. The van der Waals surface area contributed by atoms with E-state index in [2.05, 4.69) is 15.4 Å². The maximum Gasteiger partial charge on any atom is 0.294 e. The highest BCUT2D eigenvalue weighted by atomic mass is 32.1. The first-order valence-corrected chi connectivity index (χ1v) is 14.7. The third-order valence-electron chi connectivity index (χ3n) is 6.43. The van der Waals surface area contributed by atoms with Crippen LogP contribution in [0.3, 0.4) is 0 Å². The molecule has 1 amide bonds. The van der Waals surface area contributed by atoms with Crippen LogP contribution in [0.25, 0.3) is 38.0 Å². The van der Waals surface area contributed by atoms with Gasteiger partial charge in [0.1, 0.15) is 34.4 Å². The van der Waals surface area contributed by atoms with Gasteiger partial charge in [0.05, 0.1) is 31.5 Å². The second kappa shape index (κ2) is 11.8. The minimum absolute atomic E-state index is 0.0896. The van der Waals surface area contributed by atoms with Gasteiger partial charge in [-0.1, -0.05) is 12.1 Å². The number of carbonyl (C=O) groups excluding carboxylic acids is 1. The highest BCUT2D eigenvalue weighted by Gasteiger charge is 2.18. The van der Waals surface area contributed by atoms with Crippen molar-refractivity contribution in [3.05, 3.63) is 65.3 Å². The third kappa shape index (κ3) is 5.79. The van der Waals surface area contributed by atoms with Gasteiger partial charge >= 0.3 is 0 Å². The van der Waals surface area contributed by atoms with E-state index in [1.807, 2.05) is 66.8 Å². The number of benzene rings is 2. The van der Waals surface area contributed by atoms with Crippen molar-refractivity contribution >= 4 is 44.5 Å². The molecule has 0 aliphatic carbocycles. The van der Waals surface area contributed by atoms with Gasteiger partial charge in [-0.3, -0.25) is 4.79 Å². The third-order valence-corrected chi connectivity index (χ3v) is 8.25. The van der Waals surface area contributed by atoms with Crippen LogP contribution in [0.4, 0.5) is 0 Å². The minimum atomic E-state index is -0.0896. The van der Waals surface area contributed by atoms with Crippen LogP contribution >= 0.6 is 22.7 Å². The molecule has 2 aromatic carbocycles.